The Balaban J connectivity index is 2.97. The predicted octanol–water partition coefficient (Wildman–Crippen LogP) is 0.0852. The monoisotopic (exact) mass is 356 g/mol. The lowest BCUT2D eigenvalue weighted by Crippen LogP contribution is -2.40. The lowest BCUT2D eigenvalue weighted by Gasteiger charge is -2.22. The Morgan fingerprint density at radius 1 is 1.17 bits per heavy atom. The normalized spacial score (nSPS) is 11.9. The van der Waals surface area contributed by atoms with Gasteiger partial charge in [-0.05, 0) is 45.4 Å². The molecule has 24 heavy (non-hydrogen) atoms. The number of rotatable bonds is 6. The summed E-state index contributed by atoms with van der Waals surface area (Å²) in [6.07, 6.45) is 0. The summed E-state index contributed by atoms with van der Waals surface area (Å²) in [6.45, 7) is 6.37. The second-order valence-corrected chi connectivity index (χ2v) is 7.96. The molecule has 0 aliphatic rings. The first-order valence-corrected chi connectivity index (χ1v) is 8.85. The van der Waals surface area contributed by atoms with E-state index in [4.69, 9.17) is 5.73 Å². The fourth-order valence-corrected chi connectivity index (χ4v) is 3.63. The van der Waals surface area contributed by atoms with Gasteiger partial charge >= 0.3 is 0 Å². The van der Waals surface area contributed by atoms with Gasteiger partial charge in [0.1, 0.15) is 0 Å². The standard InChI is InChI=1S/C15H24N4O4S/c1-10-11(18-14(21)9-17-13(20)8-16)6-5-7-12(10)24(22,23)19-15(2,3)4/h5-7,19H,8-9,16H2,1-4H3,(H,17,20)(H,18,21). The summed E-state index contributed by atoms with van der Waals surface area (Å²) in [5.41, 5.74) is 5.28. The fourth-order valence-electron chi connectivity index (χ4n) is 1.94. The van der Waals surface area contributed by atoms with Crippen LogP contribution in [0.25, 0.3) is 0 Å². The first-order valence-electron chi connectivity index (χ1n) is 7.36. The van der Waals surface area contributed by atoms with Crippen molar-refractivity contribution in [3.05, 3.63) is 23.8 Å². The maximum Gasteiger partial charge on any atom is 0.243 e. The van der Waals surface area contributed by atoms with Crippen molar-refractivity contribution in [3.63, 3.8) is 0 Å². The highest BCUT2D eigenvalue weighted by molar-refractivity contribution is 7.89. The van der Waals surface area contributed by atoms with Crippen molar-refractivity contribution in [3.8, 4) is 0 Å². The molecule has 0 fully saturated rings. The van der Waals surface area contributed by atoms with Crippen LogP contribution >= 0.6 is 0 Å². The molecule has 2 amide bonds. The highest BCUT2D eigenvalue weighted by Gasteiger charge is 2.24. The van der Waals surface area contributed by atoms with Crippen molar-refractivity contribution in [1.82, 2.24) is 10.0 Å². The fraction of sp³-hybridized carbons (Fsp3) is 0.467. The van der Waals surface area contributed by atoms with Crippen LogP contribution in [0.5, 0.6) is 0 Å². The van der Waals surface area contributed by atoms with E-state index >= 15 is 0 Å². The van der Waals surface area contributed by atoms with Gasteiger partial charge in [-0.25, -0.2) is 13.1 Å². The summed E-state index contributed by atoms with van der Waals surface area (Å²) in [7, 11) is -3.72. The molecule has 8 nitrogen and oxygen atoms in total. The molecular formula is C15H24N4O4S. The molecule has 0 spiro atoms. The lowest BCUT2D eigenvalue weighted by atomic mass is 10.1. The molecule has 134 valence electrons. The van der Waals surface area contributed by atoms with Gasteiger partial charge in [-0.2, -0.15) is 0 Å². The van der Waals surface area contributed by atoms with Crippen molar-refractivity contribution < 1.29 is 18.0 Å². The number of carbonyl (C=O) groups is 2. The molecule has 1 aromatic carbocycles. The van der Waals surface area contributed by atoms with Gasteiger partial charge in [0.2, 0.25) is 21.8 Å². The highest BCUT2D eigenvalue weighted by Crippen LogP contribution is 2.24. The van der Waals surface area contributed by atoms with Gasteiger partial charge in [0.25, 0.3) is 0 Å². The SMILES string of the molecule is Cc1c(NC(=O)CNC(=O)CN)cccc1S(=O)(=O)NC(C)(C)C. The summed E-state index contributed by atoms with van der Waals surface area (Å²) in [5, 5.41) is 4.92. The molecule has 0 bridgehead atoms. The molecule has 0 atom stereocenters. The van der Waals surface area contributed by atoms with E-state index in [2.05, 4.69) is 15.4 Å². The quantitative estimate of drug-likeness (QED) is 0.574. The van der Waals surface area contributed by atoms with Crippen molar-refractivity contribution in [2.75, 3.05) is 18.4 Å². The van der Waals surface area contributed by atoms with E-state index in [1.807, 2.05) is 0 Å². The van der Waals surface area contributed by atoms with E-state index in [0.717, 1.165) is 0 Å². The minimum Gasteiger partial charge on any atom is -0.346 e. The average Bonchev–Trinajstić information content (AvgIpc) is 2.44. The largest absolute Gasteiger partial charge is 0.346 e. The molecule has 9 heteroatoms. The Hall–Kier alpha value is -1.97. The number of nitrogens with two attached hydrogens (primary N) is 1. The smallest absolute Gasteiger partial charge is 0.243 e. The number of anilines is 1. The number of sulfonamides is 1. The molecule has 0 saturated heterocycles. The number of nitrogens with one attached hydrogen (secondary N) is 3. The number of benzene rings is 1. The van der Waals surface area contributed by atoms with Gasteiger partial charge in [0, 0.05) is 11.2 Å². The van der Waals surface area contributed by atoms with Gasteiger partial charge < -0.3 is 16.4 Å². The van der Waals surface area contributed by atoms with Crippen LogP contribution in [0.4, 0.5) is 5.69 Å². The molecule has 0 aliphatic carbocycles. The van der Waals surface area contributed by atoms with Gasteiger partial charge in [-0.3, -0.25) is 9.59 Å². The van der Waals surface area contributed by atoms with E-state index < -0.39 is 27.4 Å². The zero-order valence-corrected chi connectivity index (χ0v) is 15.1. The lowest BCUT2D eigenvalue weighted by molar-refractivity contribution is -0.123. The Labute approximate surface area is 142 Å². The van der Waals surface area contributed by atoms with E-state index in [1.54, 1.807) is 33.8 Å². The Morgan fingerprint density at radius 2 is 1.79 bits per heavy atom. The Kier molecular flexibility index (Phi) is 6.47. The molecule has 0 aliphatic heterocycles. The zero-order chi connectivity index (χ0) is 18.5. The van der Waals surface area contributed by atoms with Crippen molar-refractivity contribution in [2.24, 2.45) is 5.73 Å². The van der Waals surface area contributed by atoms with Crippen molar-refractivity contribution in [2.45, 2.75) is 38.1 Å². The number of hydrogen-bond acceptors (Lipinski definition) is 5. The van der Waals surface area contributed by atoms with Gasteiger partial charge in [0.05, 0.1) is 18.0 Å². The maximum atomic E-state index is 12.5. The van der Waals surface area contributed by atoms with E-state index in [0.29, 0.717) is 11.3 Å². The van der Waals surface area contributed by atoms with Crippen molar-refractivity contribution in [1.29, 1.82) is 0 Å². The summed E-state index contributed by atoms with van der Waals surface area (Å²) >= 11 is 0. The summed E-state index contributed by atoms with van der Waals surface area (Å²) in [5.74, 6) is -0.925. The maximum absolute atomic E-state index is 12.5. The third-order valence-corrected chi connectivity index (χ3v) is 4.82. The number of hydrogen-bond donors (Lipinski definition) is 4. The first-order chi connectivity index (χ1) is 11.0. The summed E-state index contributed by atoms with van der Waals surface area (Å²) in [6, 6.07) is 4.60. The third kappa shape index (κ3) is 5.91. The zero-order valence-electron chi connectivity index (χ0n) is 14.3. The first kappa shape index (κ1) is 20.1. The summed E-state index contributed by atoms with van der Waals surface area (Å²) < 4.78 is 27.5. The summed E-state index contributed by atoms with van der Waals surface area (Å²) in [4.78, 5) is 23.0. The molecule has 0 radical (unpaired) electrons. The van der Waals surface area contributed by atoms with Crippen LogP contribution in [0.15, 0.2) is 23.1 Å². The average molecular weight is 356 g/mol. The molecular weight excluding hydrogens is 332 g/mol. The van der Waals surface area contributed by atoms with E-state index in [9.17, 15) is 18.0 Å². The molecule has 0 aromatic heterocycles. The van der Waals surface area contributed by atoms with E-state index in [-0.39, 0.29) is 18.0 Å². The molecule has 1 rings (SSSR count). The molecule has 0 heterocycles. The molecule has 1 aromatic rings. The number of carbonyl (C=O) groups excluding carboxylic acids is 2. The molecule has 0 saturated carbocycles. The van der Waals surface area contributed by atoms with Gasteiger partial charge in [-0.1, -0.05) is 6.07 Å². The van der Waals surface area contributed by atoms with Crippen molar-refractivity contribution >= 4 is 27.5 Å². The second-order valence-electron chi connectivity index (χ2n) is 6.31. The molecule has 0 unspecified atom stereocenters. The van der Waals surface area contributed by atoms with Crippen LogP contribution < -0.4 is 21.1 Å². The minimum atomic E-state index is -3.72. The topological polar surface area (TPSA) is 130 Å². The highest BCUT2D eigenvalue weighted by atomic mass is 32.2. The Bertz CT molecular complexity index is 723. The second kappa shape index (κ2) is 7.73. The van der Waals surface area contributed by atoms with Gasteiger partial charge in [0.15, 0.2) is 0 Å². The van der Waals surface area contributed by atoms with Crippen LogP contribution in [0, 0.1) is 6.92 Å². The van der Waals surface area contributed by atoms with Crippen LogP contribution in [0.1, 0.15) is 26.3 Å². The predicted molar refractivity (Wildman–Crippen MR) is 91.9 cm³/mol. The van der Waals surface area contributed by atoms with Gasteiger partial charge in [-0.15, -0.1) is 0 Å². The number of amides is 2. The van der Waals surface area contributed by atoms with Crippen LogP contribution in [0.2, 0.25) is 0 Å². The minimum absolute atomic E-state index is 0.0845. The Morgan fingerprint density at radius 3 is 2.33 bits per heavy atom. The third-order valence-electron chi connectivity index (χ3n) is 2.92. The van der Waals surface area contributed by atoms with E-state index in [1.165, 1.54) is 12.1 Å². The van der Waals surface area contributed by atoms with Crippen LogP contribution in [0.3, 0.4) is 0 Å². The molecule has 5 N–H and O–H groups in total. The van der Waals surface area contributed by atoms with Crippen LogP contribution in [-0.4, -0.2) is 38.9 Å². The van der Waals surface area contributed by atoms with Crippen LogP contribution in [-0.2, 0) is 19.6 Å².